The van der Waals surface area contributed by atoms with Gasteiger partial charge in [-0.2, -0.15) is 0 Å². The number of phenolic OH excluding ortho intramolecular Hbond substituents is 1. The van der Waals surface area contributed by atoms with Crippen molar-refractivity contribution in [1.82, 2.24) is 14.1 Å². The molecule has 0 unspecified atom stereocenters. The summed E-state index contributed by atoms with van der Waals surface area (Å²) in [5.41, 5.74) is 2.41. The number of fused-ring (bicyclic) bond motifs is 1. The molecule has 156 valence electrons. The fraction of sp³-hybridized carbons (Fsp3) is 0.286. The zero-order chi connectivity index (χ0) is 20.9. The van der Waals surface area contributed by atoms with Gasteiger partial charge in [-0.1, -0.05) is 0 Å². The summed E-state index contributed by atoms with van der Waals surface area (Å²) in [6, 6.07) is 7.43. The third-order valence-electron chi connectivity index (χ3n) is 5.38. The molecule has 0 amide bonds. The van der Waals surface area contributed by atoms with E-state index in [1.54, 1.807) is 24.7 Å². The van der Waals surface area contributed by atoms with Gasteiger partial charge in [0.05, 0.1) is 34.9 Å². The van der Waals surface area contributed by atoms with Crippen LogP contribution in [-0.2, 0) is 27.9 Å². The molecule has 0 atom stereocenters. The van der Waals surface area contributed by atoms with Gasteiger partial charge in [0.15, 0.2) is 9.84 Å². The lowest BCUT2D eigenvalue weighted by molar-refractivity contribution is 0.464. The van der Waals surface area contributed by atoms with Crippen molar-refractivity contribution in [2.24, 2.45) is 0 Å². The molecule has 0 radical (unpaired) electrons. The molecule has 1 aliphatic carbocycles. The van der Waals surface area contributed by atoms with Crippen LogP contribution in [0.4, 0.5) is 0 Å². The SMILES string of the molecule is O=S(=O)(Cc1ccco1)Cc1cc2c(Cn3ccnc3)c(O)c(Br)cc2n1C1CC1. The number of furan rings is 1. The number of hydrogen-bond acceptors (Lipinski definition) is 5. The van der Waals surface area contributed by atoms with E-state index in [0.717, 1.165) is 35.0 Å². The molecule has 1 saturated carbocycles. The number of halogens is 1. The molecule has 1 N–H and O–H groups in total. The minimum absolute atomic E-state index is 0.0816. The molecule has 5 rings (SSSR count). The summed E-state index contributed by atoms with van der Waals surface area (Å²) < 4.78 is 35.6. The standard InChI is InChI=1S/C21H20BrN3O4S/c22-19-9-20-17(18(21(19)26)10-24-6-5-23-13-24)8-15(25(20)14-3-4-14)11-30(27,28)12-16-2-1-7-29-16/h1-2,5-9,13-14,26H,3-4,10-12H2. The molecule has 1 fully saturated rings. The highest BCUT2D eigenvalue weighted by Gasteiger charge is 2.30. The van der Waals surface area contributed by atoms with Crippen molar-refractivity contribution >= 4 is 36.7 Å². The molecule has 3 aromatic heterocycles. The highest BCUT2D eigenvalue weighted by atomic mass is 79.9. The molecular weight excluding hydrogens is 470 g/mol. The van der Waals surface area contributed by atoms with Crippen LogP contribution in [0.5, 0.6) is 5.75 Å². The average Bonchev–Trinajstić information content (AvgIpc) is 3.07. The quantitative estimate of drug-likeness (QED) is 0.415. The molecule has 0 aliphatic heterocycles. The van der Waals surface area contributed by atoms with Crippen LogP contribution in [0, 0.1) is 0 Å². The van der Waals surface area contributed by atoms with Gasteiger partial charge < -0.3 is 18.7 Å². The van der Waals surface area contributed by atoms with E-state index >= 15 is 0 Å². The Kier molecular flexibility index (Phi) is 4.74. The Morgan fingerprint density at radius 1 is 1.27 bits per heavy atom. The molecule has 0 saturated heterocycles. The van der Waals surface area contributed by atoms with Crippen LogP contribution in [-0.4, -0.2) is 27.6 Å². The summed E-state index contributed by atoms with van der Waals surface area (Å²) in [5.74, 6) is 0.379. The van der Waals surface area contributed by atoms with E-state index < -0.39 is 9.84 Å². The van der Waals surface area contributed by atoms with Gasteiger partial charge in [-0.25, -0.2) is 13.4 Å². The lowest BCUT2D eigenvalue weighted by atomic mass is 10.1. The van der Waals surface area contributed by atoms with E-state index in [1.165, 1.54) is 6.26 Å². The molecule has 4 aromatic rings. The number of sulfone groups is 1. The fourth-order valence-corrected chi connectivity index (χ4v) is 5.76. The molecule has 30 heavy (non-hydrogen) atoms. The van der Waals surface area contributed by atoms with Crippen molar-refractivity contribution in [3.8, 4) is 5.75 Å². The first-order chi connectivity index (χ1) is 14.4. The molecule has 1 aliphatic rings. The molecule has 1 aromatic carbocycles. The summed E-state index contributed by atoms with van der Waals surface area (Å²) >= 11 is 3.47. The Labute approximate surface area is 182 Å². The zero-order valence-electron chi connectivity index (χ0n) is 16.0. The number of benzene rings is 1. The van der Waals surface area contributed by atoms with Crippen LogP contribution in [0.25, 0.3) is 10.9 Å². The highest BCUT2D eigenvalue weighted by Crippen LogP contribution is 2.44. The van der Waals surface area contributed by atoms with Gasteiger partial charge in [0.1, 0.15) is 17.3 Å². The molecule has 9 heteroatoms. The second kappa shape index (κ2) is 7.31. The third-order valence-corrected chi connectivity index (χ3v) is 7.44. The van der Waals surface area contributed by atoms with Gasteiger partial charge in [0.25, 0.3) is 0 Å². The smallest absolute Gasteiger partial charge is 0.163 e. The Morgan fingerprint density at radius 3 is 2.77 bits per heavy atom. The van der Waals surface area contributed by atoms with E-state index in [1.807, 2.05) is 22.9 Å². The molecule has 0 bridgehead atoms. The van der Waals surface area contributed by atoms with Gasteiger partial charge in [0, 0.05) is 35.1 Å². The first-order valence-electron chi connectivity index (χ1n) is 9.64. The van der Waals surface area contributed by atoms with Crippen LogP contribution < -0.4 is 0 Å². The van der Waals surface area contributed by atoms with Gasteiger partial charge in [0.2, 0.25) is 0 Å². The first-order valence-corrected chi connectivity index (χ1v) is 12.3. The van der Waals surface area contributed by atoms with E-state index in [9.17, 15) is 13.5 Å². The van der Waals surface area contributed by atoms with Crippen LogP contribution >= 0.6 is 15.9 Å². The lowest BCUT2D eigenvalue weighted by Crippen LogP contribution is -2.11. The Bertz CT molecular complexity index is 1300. The van der Waals surface area contributed by atoms with Crippen molar-refractivity contribution in [3.63, 3.8) is 0 Å². The normalized spacial score (nSPS) is 14.6. The second-order valence-corrected chi connectivity index (χ2v) is 10.6. The monoisotopic (exact) mass is 489 g/mol. The van der Waals surface area contributed by atoms with Gasteiger partial charge in [-0.05, 0) is 53.0 Å². The van der Waals surface area contributed by atoms with Crippen molar-refractivity contribution < 1.29 is 17.9 Å². The van der Waals surface area contributed by atoms with Crippen LogP contribution in [0.1, 0.15) is 35.9 Å². The number of hydrogen-bond donors (Lipinski definition) is 1. The summed E-state index contributed by atoms with van der Waals surface area (Å²) in [6.07, 6.45) is 8.73. The summed E-state index contributed by atoms with van der Waals surface area (Å²) in [7, 11) is -3.42. The van der Waals surface area contributed by atoms with Gasteiger partial charge >= 0.3 is 0 Å². The molecule has 3 heterocycles. The second-order valence-electron chi connectivity index (χ2n) is 7.70. The van der Waals surface area contributed by atoms with Gasteiger partial charge in [-0.3, -0.25) is 0 Å². The van der Waals surface area contributed by atoms with Crippen molar-refractivity contribution in [3.05, 3.63) is 70.7 Å². The molecule has 0 spiro atoms. The predicted molar refractivity (Wildman–Crippen MR) is 116 cm³/mol. The maximum absolute atomic E-state index is 12.9. The number of phenols is 1. The minimum atomic E-state index is -3.42. The number of rotatable bonds is 7. The summed E-state index contributed by atoms with van der Waals surface area (Å²) in [5, 5.41) is 11.6. The lowest BCUT2D eigenvalue weighted by Gasteiger charge is -2.12. The Hall–Kier alpha value is -2.52. The summed E-state index contributed by atoms with van der Waals surface area (Å²) in [6.45, 7) is 0.440. The van der Waals surface area contributed by atoms with Crippen LogP contribution in [0.2, 0.25) is 0 Å². The molecule has 7 nitrogen and oxygen atoms in total. The average molecular weight is 490 g/mol. The maximum Gasteiger partial charge on any atom is 0.163 e. The zero-order valence-corrected chi connectivity index (χ0v) is 18.4. The minimum Gasteiger partial charge on any atom is -0.506 e. The van der Waals surface area contributed by atoms with Crippen LogP contribution in [0.3, 0.4) is 0 Å². The highest BCUT2D eigenvalue weighted by molar-refractivity contribution is 9.10. The number of aromatic nitrogens is 3. The van der Waals surface area contributed by atoms with E-state index in [4.69, 9.17) is 4.42 Å². The predicted octanol–water partition coefficient (Wildman–Crippen LogP) is 4.40. The van der Waals surface area contributed by atoms with Crippen molar-refractivity contribution in [2.45, 2.75) is 36.9 Å². The number of aromatic hydroxyl groups is 1. The third kappa shape index (κ3) is 3.67. The first kappa shape index (κ1) is 19.4. The summed E-state index contributed by atoms with van der Waals surface area (Å²) in [4.78, 5) is 4.07. The maximum atomic E-state index is 12.9. The van der Waals surface area contributed by atoms with E-state index in [0.29, 0.717) is 16.8 Å². The molecular formula is C21H20BrN3O4S. The van der Waals surface area contributed by atoms with Gasteiger partial charge in [-0.15, -0.1) is 0 Å². The van der Waals surface area contributed by atoms with E-state index in [2.05, 4.69) is 25.5 Å². The van der Waals surface area contributed by atoms with Crippen LogP contribution in [0.15, 0.2) is 58.1 Å². The van der Waals surface area contributed by atoms with Crippen molar-refractivity contribution in [1.29, 1.82) is 0 Å². The number of nitrogens with zero attached hydrogens (tertiary/aromatic N) is 3. The number of imidazole rings is 1. The Balaban J connectivity index is 1.61. The topological polar surface area (TPSA) is 90.3 Å². The largest absolute Gasteiger partial charge is 0.506 e. The van der Waals surface area contributed by atoms with E-state index in [-0.39, 0.29) is 23.3 Å². The fourth-order valence-electron chi connectivity index (χ4n) is 3.93. The van der Waals surface area contributed by atoms with Crippen molar-refractivity contribution in [2.75, 3.05) is 0 Å². The Morgan fingerprint density at radius 2 is 2.10 bits per heavy atom.